The Labute approximate surface area is 177 Å². The first-order chi connectivity index (χ1) is 14.2. The summed E-state index contributed by atoms with van der Waals surface area (Å²) in [4.78, 5) is 23.0. The summed E-state index contributed by atoms with van der Waals surface area (Å²) in [7, 11) is -3.88. The van der Waals surface area contributed by atoms with E-state index in [4.69, 9.17) is 11.6 Å². The summed E-state index contributed by atoms with van der Waals surface area (Å²) < 4.78 is 27.5. The van der Waals surface area contributed by atoms with E-state index in [0.29, 0.717) is 5.69 Å². The number of nitro benzene ring substituents is 1. The molecule has 0 fully saturated rings. The van der Waals surface area contributed by atoms with E-state index in [1.807, 2.05) is 0 Å². The molecular formula is C20H16ClN3O5S. The van der Waals surface area contributed by atoms with Crippen LogP contribution >= 0.6 is 11.6 Å². The predicted octanol–water partition coefficient (Wildman–Crippen LogP) is 4.61. The van der Waals surface area contributed by atoms with E-state index in [-0.39, 0.29) is 32.4 Å². The van der Waals surface area contributed by atoms with Gasteiger partial charge in [0.15, 0.2) is 0 Å². The van der Waals surface area contributed by atoms with E-state index in [9.17, 15) is 23.3 Å². The summed E-state index contributed by atoms with van der Waals surface area (Å²) in [6.45, 7) is 1.49. The van der Waals surface area contributed by atoms with Crippen molar-refractivity contribution < 1.29 is 18.1 Å². The minimum Gasteiger partial charge on any atom is -0.322 e. The van der Waals surface area contributed by atoms with Crippen LogP contribution in [0.15, 0.2) is 71.6 Å². The molecule has 0 aliphatic rings. The number of carbonyl (C=O) groups is 1. The molecule has 8 nitrogen and oxygen atoms in total. The molecule has 154 valence electrons. The monoisotopic (exact) mass is 445 g/mol. The fourth-order valence-electron chi connectivity index (χ4n) is 2.73. The van der Waals surface area contributed by atoms with Gasteiger partial charge in [0.05, 0.1) is 20.5 Å². The highest BCUT2D eigenvalue weighted by Crippen LogP contribution is 2.25. The number of hydrogen-bond acceptors (Lipinski definition) is 5. The van der Waals surface area contributed by atoms with Gasteiger partial charge in [-0.15, -0.1) is 0 Å². The third-order valence-electron chi connectivity index (χ3n) is 4.29. The molecule has 0 spiro atoms. The molecule has 0 aliphatic heterocycles. The van der Waals surface area contributed by atoms with Crippen LogP contribution < -0.4 is 10.0 Å². The molecule has 0 atom stereocenters. The Bertz CT molecular complexity index is 1230. The zero-order valence-corrected chi connectivity index (χ0v) is 17.2. The average Bonchev–Trinajstić information content (AvgIpc) is 2.70. The number of hydrogen-bond donors (Lipinski definition) is 2. The first-order valence-corrected chi connectivity index (χ1v) is 10.5. The number of anilines is 2. The quantitative estimate of drug-likeness (QED) is 0.424. The van der Waals surface area contributed by atoms with Crippen LogP contribution in [0.2, 0.25) is 5.02 Å². The number of nitro groups is 1. The number of benzene rings is 3. The van der Waals surface area contributed by atoms with E-state index in [2.05, 4.69) is 10.0 Å². The van der Waals surface area contributed by atoms with E-state index in [1.165, 1.54) is 55.5 Å². The molecule has 0 radical (unpaired) electrons. The minimum atomic E-state index is -3.88. The second-order valence-electron chi connectivity index (χ2n) is 6.27. The standard InChI is InChI=1S/C20H16ClN3O5S/c1-13-16(5-4-8-19(13)24(26)27)20(25)22-14-9-11-15(12-10-14)30(28,29)23-18-7-3-2-6-17(18)21/h2-12,23H,1H3,(H,22,25). The zero-order valence-electron chi connectivity index (χ0n) is 15.6. The Morgan fingerprint density at radius 3 is 2.30 bits per heavy atom. The van der Waals surface area contributed by atoms with Crippen molar-refractivity contribution >= 4 is 44.6 Å². The molecule has 0 bridgehead atoms. The van der Waals surface area contributed by atoms with Crippen molar-refractivity contribution in [3.05, 3.63) is 93.0 Å². The van der Waals surface area contributed by atoms with Crippen LogP contribution in [-0.4, -0.2) is 19.2 Å². The van der Waals surface area contributed by atoms with Gasteiger partial charge in [0.1, 0.15) is 0 Å². The maximum atomic E-state index is 12.5. The Hall–Kier alpha value is -3.43. The summed E-state index contributed by atoms with van der Waals surface area (Å²) in [5.74, 6) is -0.541. The average molecular weight is 446 g/mol. The lowest BCUT2D eigenvalue weighted by Gasteiger charge is -2.11. The number of halogens is 1. The number of sulfonamides is 1. The maximum absolute atomic E-state index is 12.5. The van der Waals surface area contributed by atoms with Gasteiger partial charge < -0.3 is 5.32 Å². The number of amides is 1. The highest BCUT2D eigenvalue weighted by atomic mass is 35.5. The highest BCUT2D eigenvalue weighted by Gasteiger charge is 2.19. The van der Waals surface area contributed by atoms with Gasteiger partial charge in [0, 0.05) is 22.9 Å². The predicted molar refractivity (Wildman–Crippen MR) is 114 cm³/mol. The maximum Gasteiger partial charge on any atom is 0.273 e. The van der Waals surface area contributed by atoms with Crippen LogP contribution in [0.3, 0.4) is 0 Å². The first-order valence-electron chi connectivity index (χ1n) is 8.62. The summed E-state index contributed by atoms with van der Waals surface area (Å²) in [5.41, 5.74) is 0.819. The second kappa shape index (κ2) is 8.52. The van der Waals surface area contributed by atoms with Gasteiger partial charge in [-0.05, 0) is 49.4 Å². The van der Waals surface area contributed by atoms with E-state index in [1.54, 1.807) is 18.2 Å². The van der Waals surface area contributed by atoms with Crippen molar-refractivity contribution in [2.45, 2.75) is 11.8 Å². The molecule has 1 amide bonds. The van der Waals surface area contributed by atoms with Gasteiger partial charge in [0.2, 0.25) is 0 Å². The normalized spacial score (nSPS) is 11.0. The summed E-state index contributed by atoms with van der Waals surface area (Å²) >= 11 is 5.99. The molecule has 3 aromatic rings. The van der Waals surface area contributed by atoms with Crippen molar-refractivity contribution in [3.63, 3.8) is 0 Å². The summed E-state index contributed by atoms with van der Waals surface area (Å²) in [6, 6.07) is 16.2. The number of nitrogens with one attached hydrogen (secondary N) is 2. The van der Waals surface area contributed by atoms with Gasteiger partial charge in [-0.25, -0.2) is 8.42 Å². The SMILES string of the molecule is Cc1c(C(=O)Nc2ccc(S(=O)(=O)Nc3ccccc3Cl)cc2)cccc1[N+](=O)[O-]. The zero-order chi connectivity index (χ0) is 21.9. The van der Waals surface area contributed by atoms with E-state index >= 15 is 0 Å². The van der Waals surface area contributed by atoms with E-state index < -0.39 is 20.9 Å². The fourth-order valence-corrected chi connectivity index (χ4v) is 4.05. The molecule has 3 rings (SSSR count). The lowest BCUT2D eigenvalue weighted by Crippen LogP contribution is -2.15. The molecule has 10 heteroatoms. The summed E-state index contributed by atoms with van der Waals surface area (Å²) in [5, 5.41) is 13.9. The molecule has 0 saturated heterocycles. The molecule has 30 heavy (non-hydrogen) atoms. The first kappa shape index (κ1) is 21.3. The van der Waals surface area contributed by atoms with Gasteiger partial charge in [-0.1, -0.05) is 29.8 Å². The van der Waals surface area contributed by atoms with Crippen molar-refractivity contribution in [2.24, 2.45) is 0 Å². The number of nitrogens with zero attached hydrogens (tertiary/aromatic N) is 1. The van der Waals surface area contributed by atoms with Crippen LogP contribution in [0.25, 0.3) is 0 Å². The summed E-state index contributed by atoms with van der Waals surface area (Å²) in [6.07, 6.45) is 0. The number of carbonyl (C=O) groups excluding carboxylic acids is 1. The largest absolute Gasteiger partial charge is 0.322 e. The molecule has 2 N–H and O–H groups in total. The molecule has 3 aromatic carbocycles. The number of para-hydroxylation sites is 1. The lowest BCUT2D eigenvalue weighted by atomic mass is 10.1. The Morgan fingerprint density at radius 2 is 1.67 bits per heavy atom. The third-order valence-corrected chi connectivity index (χ3v) is 6.00. The topological polar surface area (TPSA) is 118 Å². The van der Waals surface area contributed by atoms with Gasteiger partial charge in [-0.2, -0.15) is 0 Å². The minimum absolute atomic E-state index is 0.0213. The number of rotatable bonds is 6. The van der Waals surface area contributed by atoms with E-state index in [0.717, 1.165) is 0 Å². The Morgan fingerprint density at radius 1 is 1.00 bits per heavy atom. The Balaban J connectivity index is 1.78. The molecule has 0 aromatic heterocycles. The second-order valence-corrected chi connectivity index (χ2v) is 8.36. The van der Waals surface area contributed by atoms with Crippen LogP contribution in [0.1, 0.15) is 15.9 Å². The van der Waals surface area contributed by atoms with Crippen LogP contribution in [-0.2, 0) is 10.0 Å². The molecule has 0 saturated carbocycles. The smallest absolute Gasteiger partial charge is 0.273 e. The van der Waals surface area contributed by atoms with Gasteiger partial charge in [0.25, 0.3) is 21.6 Å². The van der Waals surface area contributed by atoms with Crippen molar-refractivity contribution in [3.8, 4) is 0 Å². The van der Waals surface area contributed by atoms with Crippen LogP contribution in [0, 0.1) is 17.0 Å². The Kier molecular flexibility index (Phi) is 6.04. The van der Waals surface area contributed by atoms with Crippen molar-refractivity contribution in [2.75, 3.05) is 10.0 Å². The third kappa shape index (κ3) is 4.58. The molecule has 0 heterocycles. The van der Waals surface area contributed by atoms with Gasteiger partial charge >= 0.3 is 0 Å². The van der Waals surface area contributed by atoms with Crippen molar-refractivity contribution in [1.29, 1.82) is 0 Å². The highest BCUT2D eigenvalue weighted by molar-refractivity contribution is 7.92. The molecule has 0 unspecified atom stereocenters. The van der Waals surface area contributed by atoms with Crippen molar-refractivity contribution in [1.82, 2.24) is 0 Å². The van der Waals surface area contributed by atoms with Crippen LogP contribution in [0.5, 0.6) is 0 Å². The molecule has 0 aliphatic carbocycles. The van der Waals surface area contributed by atoms with Gasteiger partial charge in [-0.3, -0.25) is 19.6 Å². The van der Waals surface area contributed by atoms with Crippen LogP contribution in [0.4, 0.5) is 17.1 Å². The fraction of sp³-hybridized carbons (Fsp3) is 0.0500. The molecular weight excluding hydrogens is 430 g/mol. The lowest BCUT2D eigenvalue weighted by molar-refractivity contribution is -0.385.